The second kappa shape index (κ2) is 10.3. The number of halogens is 1. The molecule has 1 aliphatic carbocycles. The third-order valence-electron chi connectivity index (χ3n) is 3.72. The van der Waals surface area contributed by atoms with Crippen LogP contribution in [0.25, 0.3) is 0 Å². The summed E-state index contributed by atoms with van der Waals surface area (Å²) in [5.74, 6) is 0.639. The highest BCUT2D eigenvalue weighted by Crippen LogP contribution is 2.48. The summed E-state index contributed by atoms with van der Waals surface area (Å²) >= 11 is 0. The number of hydrogen-bond acceptors (Lipinski definition) is 3. The first-order valence-electron chi connectivity index (χ1n) is 8.13. The molecule has 7 heteroatoms. The Balaban J connectivity index is 0.00000484. The number of aliphatic imine (C=N–C) groups is 1. The summed E-state index contributed by atoms with van der Waals surface area (Å²) in [6.07, 6.45) is 3.54. The molecule has 0 aromatic heterocycles. The van der Waals surface area contributed by atoms with Crippen molar-refractivity contribution < 1.29 is 9.53 Å². The molecular weight excluding hydrogens is 407 g/mol. The van der Waals surface area contributed by atoms with Crippen LogP contribution in [-0.2, 0) is 9.53 Å². The normalized spacial score (nSPS) is 16.3. The number of carbonyl (C=O) groups is 1. The van der Waals surface area contributed by atoms with Crippen molar-refractivity contribution in [2.24, 2.45) is 10.4 Å². The molecule has 23 heavy (non-hydrogen) atoms. The minimum Gasteiger partial charge on any atom is -0.382 e. The zero-order chi connectivity index (χ0) is 16.6. The van der Waals surface area contributed by atoms with Crippen molar-refractivity contribution in [1.82, 2.24) is 16.0 Å². The summed E-state index contributed by atoms with van der Waals surface area (Å²) in [5.41, 5.74) is 0.132. The molecule has 0 heterocycles. The van der Waals surface area contributed by atoms with Crippen molar-refractivity contribution in [3.63, 3.8) is 0 Å². The van der Waals surface area contributed by atoms with Crippen LogP contribution in [-0.4, -0.2) is 50.8 Å². The highest BCUT2D eigenvalue weighted by atomic mass is 127. The minimum atomic E-state index is -0.215. The van der Waals surface area contributed by atoms with Crippen molar-refractivity contribution >= 4 is 35.8 Å². The fourth-order valence-electron chi connectivity index (χ4n) is 2.24. The predicted octanol–water partition coefficient (Wildman–Crippen LogP) is 1.89. The topological polar surface area (TPSA) is 74.8 Å². The van der Waals surface area contributed by atoms with Crippen LogP contribution in [0.3, 0.4) is 0 Å². The lowest BCUT2D eigenvalue weighted by Crippen LogP contribution is -2.48. The molecule has 0 spiro atoms. The zero-order valence-corrected chi connectivity index (χ0v) is 17.5. The lowest BCUT2D eigenvalue weighted by molar-refractivity contribution is -0.121. The molecule has 0 bridgehead atoms. The molecule has 1 aliphatic rings. The number of nitrogens with one attached hydrogen (secondary N) is 3. The third kappa shape index (κ3) is 10.0. The molecule has 0 aromatic rings. The van der Waals surface area contributed by atoms with E-state index in [0.717, 1.165) is 26.2 Å². The average molecular weight is 440 g/mol. The SMILES string of the molecule is CCOCCC1(CNC(=NC)NCC(=O)NC(C)(C)C)CC1.I. The Morgan fingerprint density at radius 2 is 1.91 bits per heavy atom. The van der Waals surface area contributed by atoms with Gasteiger partial charge in [0, 0.05) is 32.3 Å². The summed E-state index contributed by atoms with van der Waals surface area (Å²) in [4.78, 5) is 16.0. The van der Waals surface area contributed by atoms with Gasteiger partial charge in [0.25, 0.3) is 0 Å². The fourth-order valence-corrected chi connectivity index (χ4v) is 2.24. The molecule has 0 saturated heterocycles. The van der Waals surface area contributed by atoms with Gasteiger partial charge in [-0.2, -0.15) is 0 Å². The molecule has 136 valence electrons. The smallest absolute Gasteiger partial charge is 0.239 e. The lowest BCUT2D eigenvalue weighted by atomic mass is 10.0. The van der Waals surface area contributed by atoms with E-state index in [4.69, 9.17) is 4.74 Å². The van der Waals surface area contributed by atoms with Gasteiger partial charge in [-0.05, 0) is 52.4 Å². The number of carbonyl (C=O) groups excluding carboxylic acids is 1. The molecular formula is C16H33IN4O2. The second-order valence-electron chi connectivity index (χ2n) is 7.02. The molecule has 1 saturated carbocycles. The largest absolute Gasteiger partial charge is 0.382 e. The van der Waals surface area contributed by atoms with E-state index >= 15 is 0 Å². The van der Waals surface area contributed by atoms with Gasteiger partial charge in [-0.15, -0.1) is 24.0 Å². The third-order valence-corrected chi connectivity index (χ3v) is 3.72. The molecule has 0 unspecified atom stereocenters. The molecule has 1 rings (SSSR count). The maximum atomic E-state index is 11.8. The van der Waals surface area contributed by atoms with Crippen LogP contribution in [0.1, 0.15) is 47.0 Å². The number of hydrogen-bond donors (Lipinski definition) is 3. The first kappa shape index (κ1) is 22.4. The Morgan fingerprint density at radius 1 is 1.26 bits per heavy atom. The Labute approximate surface area is 157 Å². The van der Waals surface area contributed by atoms with Gasteiger partial charge in [-0.1, -0.05) is 0 Å². The first-order valence-corrected chi connectivity index (χ1v) is 8.13. The zero-order valence-electron chi connectivity index (χ0n) is 15.1. The van der Waals surface area contributed by atoms with Crippen LogP contribution in [0.2, 0.25) is 0 Å². The number of guanidine groups is 1. The first-order chi connectivity index (χ1) is 10.3. The monoisotopic (exact) mass is 440 g/mol. The van der Waals surface area contributed by atoms with Gasteiger partial charge in [0.05, 0.1) is 6.54 Å². The Morgan fingerprint density at radius 3 is 2.39 bits per heavy atom. The Bertz CT molecular complexity index is 390. The molecule has 3 N–H and O–H groups in total. The van der Waals surface area contributed by atoms with Crippen molar-refractivity contribution in [2.75, 3.05) is 33.4 Å². The van der Waals surface area contributed by atoms with Crippen LogP contribution >= 0.6 is 24.0 Å². The molecule has 1 amide bonds. The number of ether oxygens (including phenoxy) is 1. The van der Waals surface area contributed by atoms with E-state index in [9.17, 15) is 4.79 Å². The highest BCUT2D eigenvalue weighted by molar-refractivity contribution is 14.0. The van der Waals surface area contributed by atoms with Crippen molar-refractivity contribution in [1.29, 1.82) is 0 Å². The lowest BCUT2D eigenvalue weighted by Gasteiger charge is -2.22. The van der Waals surface area contributed by atoms with Crippen molar-refractivity contribution in [2.45, 2.75) is 52.5 Å². The molecule has 0 atom stereocenters. The van der Waals surface area contributed by atoms with E-state index in [1.54, 1.807) is 7.05 Å². The van der Waals surface area contributed by atoms with E-state index in [1.807, 2.05) is 27.7 Å². The molecule has 0 aliphatic heterocycles. The van der Waals surface area contributed by atoms with E-state index in [1.165, 1.54) is 12.8 Å². The number of nitrogens with zero attached hydrogens (tertiary/aromatic N) is 1. The number of amides is 1. The van der Waals surface area contributed by atoms with Gasteiger partial charge >= 0.3 is 0 Å². The van der Waals surface area contributed by atoms with Crippen molar-refractivity contribution in [3.8, 4) is 0 Å². The van der Waals surface area contributed by atoms with Crippen molar-refractivity contribution in [3.05, 3.63) is 0 Å². The summed E-state index contributed by atoms with van der Waals surface area (Å²) in [5, 5.41) is 9.29. The Kier molecular flexibility index (Phi) is 10.1. The van der Waals surface area contributed by atoms with Gasteiger partial charge < -0.3 is 20.7 Å². The highest BCUT2D eigenvalue weighted by Gasteiger charge is 2.41. The van der Waals surface area contributed by atoms with E-state index in [0.29, 0.717) is 11.4 Å². The molecule has 0 radical (unpaired) electrons. The summed E-state index contributed by atoms with van der Waals surface area (Å²) in [6.45, 7) is 10.6. The van der Waals surface area contributed by atoms with Crippen LogP contribution in [0.5, 0.6) is 0 Å². The van der Waals surface area contributed by atoms with Crippen LogP contribution < -0.4 is 16.0 Å². The van der Waals surface area contributed by atoms with Gasteiger partial charge in [0.2, 0.25) is 5.91 Å². The second-order valence-corrected chi connectivity index (χ2v) is 7.02. The molecule has 1 fully saturated rings. The quantitative estimate of drug-likeness (QED) is 0.233. The number of rotatable bonds is 8. The van der Waals surface area contributed by atoms with Crippen LogP contribution in [0.4, 0.5) is 0 Å². The van der Waals surface area contributed by atoms with Crippen LogP contribution in [0.15, 0.2) is 4.99 Å². The van der Waals surface area contributed by atoms with E-state index < -0.39 is 0 Å². The fraction of sp³-hybridized carbons (Fsp3) is 0.875. The Hall–Kier alpha value is -0.570. The van der Waals surface area contributed by atoms with Gasteiger partial charge in [0.1, 0.15) is 0 Å². The van der Waals surface area contributed by atoms with Gasteiger partial charge in [-0.3, -0.25) is 9.79 Å². The van der Waals surface area contributed by atoms with E-state index in [2.05, 4.69) is 20.9 Å². The summed E-state index contributed by atoms with van der Waals surface area (Å²) < 4.78 is 5.44. The van der Waals surface area contributed by atoms with Crippen LogP contribution in [0, 0.1) is 5.41 Å². The van der Waals surface area contributed by atoms with E-state index in [-0.39, 0.29) is 42.0 Å². The predicted molar refractivity (Wildman–Crippen MR) is 105 cm³/mol. The standard InChI is InChI=1S/C16H32N4O2.HI/c1-6-22-10-9-16(7-8-16)12-19-14(17-5)18-11-13(21)20-15(2,3)4;/h6-12H2,1-5H3,(H,20,21)(H2,17,18,19);1H. The maximum absolute atomic E-state index is 11.8. The van der Waals surface area contributed by atoms with Gasteiger partial charge in [0.15, 0.2) is 5.96 Å². The molecule has 0 aromatic carbocycles. The maximum Gasteiger partial charge on any atom is 0.239 e. The van der Waals surface area contributed by atoms with Gasteiger partial charge in [-0.25, -0.2) is 0 Å². The summed E-state index contributed by atoms with van der Waals surface area (Å²) in [7, 11) is 1.72. The molecule has 6 nitrogen and oxygen atoms in total. The summed E-state index contributed by atoms with van der Waals surface area (Å²) in [6, 6.07) is 0. The minimum absolute atomic E-state index is 0. The average Bonchev–Trinajstić information content (AvgIpc) is 3.18.